The Bertz CT molecular complexity index is 635. The number of rotatable bonds is 4. The second-order valence-corrected chi connectivity index (χ2v) is 6.46. The van der Waals surface area contributed by atoms with Gasteiger partial charge in [-0.3, -0.25) is 11.3 Å². The normalized spacial score (nSPS) is 15.0. The Morgan fingerprint density at radius 1 is 1.00 bits per heavy atom. The smallest absolute Gasteiger partial charge is 0.0501 e. The third-order valence-corrected chi connectivity index (χ3v) is 4.53. The summed E-state index contributed by atoms with van der Waals surface area (Å²) in [5.74, 6) is 5.73. The van der Waals surface area contributed by atoms with E-state index >= 15 is 0 Å². The van der Waals surface area contributed by atoms with Gasteiger partial charge in [0.2, 0.25) is 0 Å². The highest BCUT2D eigenvalue weighted by molar-refractivity contribution is 6.34. The predicted molar refractivity (Wildman–Crippen MR) is 88.7 cm³/mol. The summed E-state index contributed by atoms with van der Waals surface area (Å²) in [7, 11) is 0. The SMILES string of the molecule is NNC(Cc1ccc2c(c1)CCC2)c1cc(Cl)cc(Cl)c1. The maximum Gasteiger partial charge on any atom is 0.0501 e. The van der Waals surface area contributed by atoms with Gasteiger partial charge in [-0.2, -0.15) is 0 Å². The molecule has 3 rings (SSSR count). The fourth-order valence-electron chi connectivity index (χ4n) is 3.04. The van der Waals surface area contributed by atoms with E-state index in [0.717, 1.165) is 12.0 Å². The van der Waals surface area contributed by atoms with Crippen LogP contribution in [-0.2, 0) is 19.3 Å². The van der Waals surface area contributed by atoms with Crippen LogP contribution in [0.2, 0.25) is 10.0 Å². The summed E-state index contributed by atoms with van der Waals surface area (Å²) < 4.78 is 0. The fraction of sp³-hybridized carbons (Fsp3) is 0.294. The number of aryl methyl sites for hydroxylation is 2. The van der Waals surface area contributed by atoms with Crippen LogP contribution in [0.5, 0.6) is 0 Å². The van der Waals surface area contributed by atoms with Crippen LogP contribution in [0.15, 0.2) is 36.4 Å². The van der Waals surface area contributed by atoms with E-state index in [2.05, 4.69) is 23.6 Å². The molecule has 3 N–H and O–H groups in total. The summed E-state index contributed by atoms with van der Waals surface area (Å²) in [5.41, 5.74) is 8.14. The van der Waals surface area contributed by atoms with Gasteiger partial charge in [0.1, 0.15) is 0 Å². The lowest BCUT2D eigenvalue weighted by atomic mass is 9.97. The van der Waals surface area contributed by atoms with E-state index < -0.39 is 0 Å². The van der Waals surface area contributed by atoms with Crippen LogP contribution in [0.3, 0.4) is 0 Å². The van der Waals surface area contributed by atoms with Crippen LogP contribution in [0.1, 0.15) is 34.7 Å². The van der Waals surface area contributed by atoms with Crippen LogP contribution < -0.4 is 11.3 Å². The molecule has 110 valence electrons. The molecule has 1 aliphatic rings. The molecule has 0 heterocycles. The number of nitrogens with two attached hydrogens (primary N) is 1. The molecule has 0 spiro atoms. The molecule has 1 aliphatic carbocycles. The topological polar surface area (TPSA) is 38.0 Å². The van der Waals surface area contributed by atoms with Crippen molar-refractivity contribution in [2.75, 3.05) is 0 Å². The van der Waals surface area contributed by atoms with Crippen molar-refractivity contribution < 1.29 is 0 Å². The molecule has 2 aromatic rings. The number of hydrogen-bond acceptors (Lipinski definition) is 2. The van der Waals surface area contributed by atoms with Gasteiger partial charge < -0.3 is 0 Å². The number of benzene rings is 2. The highest BCUT2D eigenvalue weighted by Crippen LogP contribution is 2.28. The largest absolute Gasteiger partial charge is 0.271 e. The van der Waals surface area contributed by atoms with Gasteiger partial charge in [0.15, 0.2) is 0 Å². The first-order valence-electron chi connectivity index (χ1n) is 7.18. The van der Waals surface area contributed by atoms with E-state index in [4.69, 9.17) is 29.0 Å². The Hall–Kier alpha value is -1.06. The number of nitrogens with one attached hydrogen (secondary N) is 1. The zero-order valence-electron chi connectivity index (χ0n) is 11.7. The minimum Gasteiger partial charge on any atom is -0.271 e. The Morgan fingerprint density at radius 3 is 2.43 bits per heavy atom. The van der Waals surface area contributed by atoms with E-state index in [-0.39, 0.29) is 6.04 Å². The van der Waals surface area contributed by atoms with Gasteiger partial charge in [-0.05, 0) is 66.1 Å². The van der Waals surface area contributed by atoms with Gasteiger partial charge in [0.25, 0.3) is 0 Å². The van der Waals surface area contributed by atoms with E-state index in [1.54, 1.807) is 6.07 Å². The van der Waals surface area contributed by atoms with Gasteiger partial charge in [0, 0.05) is 10.0 Å². The van der Waals surface area contributed by atoms with Crippen molar-refractivity contribution in [3.05, 3.63) is 68.7 Å². The molecular weight excluding hydrogens is 303 g/mol. The molecule has 1 unspecified atom stereocenters. The first-order chi connectivity index (χ1) is 10.2. The maximum absolute atomic E-state index is 6.08. The molecule has 0 aliphatic heterocycles. The highest BCUT2D eigenvalue weighted by atomic mass is 35.5. The standard InChI is InChI=1S/C17H18Cl2N2/c18-15-8-14(9-16(19)10-15)17(21-20)7-11-4-5-12-2-1-3-13(12)6-11/h4-6,8-10,17,21H,1-3,7,20H2. The van der Waals surface area contributed by atoms with Crippen LogP contribution in [0.4, 0.5) is 0 Å². The van der Waals surface area contributed by atoms with E-state index in [9.17, 15) is 0 Å². The molecule has 2 aromatic carbocycles. The molecular formula is C17H18Cl2N2. The molecule has 0 saturated heterocycles. The molecule has 2 nitrogen and oxygen atoms in total. The lowest BCUT2D eigenvalue weighted by molar-refractivity contribution is 0.552. The van der Waals surface area contributed by atoms with Crippen molar-refractivity contribution >= 4 is 23.2 Å². The average Bonchev–Trinajstić information content (AvgIpc) is 2.91. The third-order valence-electron chi connectivity index (χ3n) is 4.09. The Kier molecular flexibility index (Phi) is 4.51. The molecule has 0 aromatic heterocycles. The zero-order valence-corrected chi connectivity index (χ0v) is 13.2. The van der Waals surface area contributed by atoms with Gasteiger partial charge >= 0.3 is 0 Å². The number of hydrogen-bond donors (Lipinski definition) is 2. The number of hydrazine groups is 1. The van der Waals surface area contributed by atoms with Crippen molar-refractivity contribution in [1.82, 2.24) is 5.43 Å². The Balaban J connectivity index is 1.84. The van der Waals surface area contributed by atoms with Crippen LogP contribution in [0.25, 0.3) is 0 Å². The minimum absolute atomic E-state index is 0.000605. The van der Waals surface area contributed by atoms with Gasteiger partial charge in [0.05, 0.1) is 6.04 Å². The van der Waals surface area contributed by atoms with Crippen molar-refractivity contribution in [3.8, 4) is 0 Å². The van der Waals surface area contributed by atoms with Crippen molar-refractivity contribution in [1.29, 1.82) is 0 Å². The minimum atomic E-state index is 0.000605. The molecule has 0 radical (unpaired) electrons. The summed E-state index contributed by atoms with van der Waals surface area (Å²) in [5, 5.41) is 1.26. The number of halogens is 2. The summed E-state index contributed by atoms with van der Waals surface area (Å²) >= 11 is 12.2. The second-order valence-electron chi connectivity index (χ2n) is 5.58. The van der Waals surface area contributed by atoms with Crippen molar-refractivity contribution in [2.45, 2.75) is 31.7 Å². The summed E-state index contributed by atoms with van der Waals surface area (Å²) in [6.45, 7) is 0. The number of fused-ring (bicyclic) bond motifs is 1. The summed E-state index contributed by atoms with van der Waals surface area (Å²) in [4.78, 5) is 0. The van der Waals surface area contributed by atoms with E-state index in [0.29, 0.717) is 10.0 Å². The van der Waals surface area contributed by atoms with E-state index in [1.807, 2.05) is 12.1 Å². The predicted octanol–water partition coefficient (Wildman–Crippen LogP) is 4.23. The van der Waals surface area contributed by atoms with Gasteiger partial charge in [-0.15, -0.1) is 0 Å². The molecule has 0 saturated carbocycles. The average molecular weight is 321 g/mol. The first kappa shape index (κ1) is 14.9. The lowest BCUT2D eigenvalue weighted by Gasteiger charge is -2.18. The monoisotopic (exact) mass is 320 g/mol. The molecule has 4 heteroatoms. The van der Waals surface area contributed by atoms with Gasteiger partial charge in [-0.25, -0.2) is 0 Å². The molecule has 0 bridgehead atoms. The Morgan fingerprint density at radius 2 is 1.71 bits per heavy atom. The van der Waals surface area contributed by atoms with Crippen LogP contribution in [0, 0.1) is 0 Å². The lowest BCUT2D eigenvalue weighted by Crippen LogP contribution is -2.29. The van der Waals surface area contributed by atoms with Crippen LogP contribution >= 0.6 is 23.2 Å². The second kappa shape index (κ2) is 6.37. The van der Waals surface area contributed by atoms with E-state index in [1.165, 1.54) is 36.0 Å². The zero-order chi connectivity index (χ0) is 14.8. The molecule has 0 fully saturated rings. The van der Waals surface area contributed by atoms with Gasteiger partial charge in [-0.1, -0.05) is 41.4 Å². The van der Waals surface area contributed by atoms with Crippen LogP contribution in [-0.4, -0.2) is 0 Å². The molecule has 1 atom stereocenters. The fourth-order valence-corrected chi connectivity index (χ4v) is 3.58. The first-order valence-corrected chi connectivity index (χ1v) is 7.94. The van der Waals surface area contributed by atoms with Crippen molar-refractivity contribution in [2.24, 2.45) is 5.84 Å². The quantitative estimate of drug-likeness (QED) is 0.653. The maximum atomic E-state index is 6.08. The summed E-state index contributed by atoms with van der Waals surface area (Å²) in [6.07, 6.45) is 4.48. The molecule has 21 heavy (non-hydrogen) atoms. The Labute approximate surface area is 135 Å². The third kappa shape index (κ3) is 3.41. The summed E-state index contributed by atoms with van der Waals surface area (Å²) in [6, 6.07) is 12.3. The molecule has 0 amide bonds. The van der Waals surface area contributed by atoms with Crippen molar-refractivity contribution in [3.63, 3.8) is 0 Å². The highest BCUT2D eigenvalue weighted by Gasteiger charge is 2.15.